The van der Waals surface area contributed by atoms with Gasteiger partial charge in [-0.1, -0.05) is 0 Å². The molecular formula is C41H38Cl2F6Zr. The Balaban J connectivity index is 0.00000281. The van der Waals surface area contributed by atoms with Gasteiger partial charge in [-0.25, -0.2) is 0 Å². The molecule has 4 aromatic carbocycles. The Labute approximate surface area is 310 Å². The fourth-order valence-electron chi connectivity index (χ4n) is 6.61. The van der Waals surface area contributed by atoms with Crippen LogP contribution in [0, 0.1) is 0 Å². The second-order valence-electron chi connectivity index (χ2n) is 14.8. The molecule has 0 heterocycles. The molecule has 0 nitrogen and oxygen atoms in total. The van der Waals surface area contributed by atoms with Crippen molar-refractivity contribution < 1.29 is 72.4 Å². The second kappa shape index (κ2) is 14.4. The van der Waals surface area contributed by atoms with Gasteiger partial charge in [-0.2, -0.15) is 0 Å². The standard InChI is InChI=1S/C21H25.C15H8F6.C5H5.2ClH.Zr/c1-20(2,3)16-9-7-14-11-15-8-10-17(21(4,5)6)13-19(15)18(14)12-16;16-14(17,18)12-5-1-10(2-6-12)9-11-3-7-13(8-4-11)15(19,20)21;1-2-4-5-3-1;;;/h7,9-10,12-13H,11H2,1-6H3;1-8H;1-3H,4H2;2*1H;/q;;;;;+2/p-2. The van der Waals surface area contributed by atoms with Gasteiger partial charge in [0.05, 0.1) is 0 Å². The van der Waals surface area contributed by atoms with Gasteiger partial charge in [0, 0.05) is 0 Å². The van der Waals surface area contributed by atoms with Crippen LogP contribution in [0.1, 0.15) is 92.5 Å². The Morgan fingerprint density at radius 2 is 1.06 bits per heavy atom. The maximum absolute atomic E-state index is 13.7. The molecule has 0 aromatic heterocycles. The van der Waals surface area contributed by atoms with Crippen LogP contribution < -0.4 is 28.1 Å². The van der Waals surface area contributed by atoms with Gasteiger partial charge in [-0.3, -0.25) is 0 Å². The smallest absolute Gasteiger partial charge is 1.00 e. The number of allylic oxidation sites excluding steroid dienone is 4. The van der Waals surface area contributed by atoms with E-state index in [4.69, 9.17) is 0 Å². The first-order chi connectivity index (χ1) is 22.3. The third-order valence-electron chi connectivity index (χ3n) is 9.36. The predicted molar refractivity (Wildman–Crippen MR) is 180 cm³/mol. The molecule has 0 atom stereocenters. The quantitative estimate of drug-likeness (QED) is 0.218. The number of fused-ring (bicyclic) bond motifs is 3. The molecule has 0 aliphatic heterocycles. The Bertz CT molecular complexity index is 1920. The third-order valence-corrected chi connectivity index (χ3v) is 16.9. The van der Waals surface area contributed by atoms with E-state index in [1.165, 1.54) is 58.6 Å². The largest absolute Gasteiger partial charge is 1.00 e. The summed E-state index contributed by atoms with van der Waals surface area (Å²) in [5.41, 5.74) is 6.71. The van der Waals surface area contributed by atoms with E-state index < -0.39 is 44.7 Å². The zero-order chi connectivity index (χ0) is 34.8. The monoisotopic (exact) mass is 804 g/mol. The van der Waals surface area contributed by atoms with Crippen molar-refractivity contribution in [2.75, 3.05) is 0 Å². The van der Waals surface area contributed by atoms with E-state index in [9.17, 15) is 26.3 Å². The van der Waals surface area contributed by atoms with Gasteiger partial charge in [0.25, 0.3) is 0 Å². The molecule has 0 spiro atoms. The van der Waals surface area contributed by atoms with E-state index in [2.05, 4.69) is 84.0 Å². The first-order valence-corrected chi connectivity index (χ1v) is 19.8. The minimum Gasteiger partial charge on any atom is -1.00 e. The van der Waals surface area contributed by atoms with Crippen LogP contribution >= 0.6 is 0 Å². The third kappa shape index (κ3) is 8.01. The minimum atomic E-state index is -4.51. The molecular weight excluding hydrogens is 769 g/mol. The SMILES string of the molecule is CC(C)(C)c1ccc2c(c1)-c1cc(C(C)(C)C)c[c]([Zr+2]([C]3=CC=CC3)=[C](c3ccc(C(F)(F)F)cc3)c3ccc(C(F)(F)F)cc3)c1C2.[Cl-].[Cl-]. The second-order valence-corrected chi connectivity index (χ2v) is 20.8. The van der Waals surface area contributed by atoms with Crippen LogP contribution in [0.15, 0.2) is 100 Å². The van der Waals surface area contributed by atoms with Crippen molar-refractivity contribution >= 4 is 6.48 Å². The van der Waals surface area contributed by atoms with Gasteiger partial charge >= 0.3 is 288 Å². The van der Waals surface area contributed by atoms with Gasteiger partial charge in [0.1, 0.15) is 0 Å². The van der Waals surface area contributed by atoms with E-state index >= 15 is 0 Å². The molecule has 0 bridgehead atoms. The Hall–Kier alpha value is -2.73. The molecule has 9 heteroatoms. The van der Waals surface area contributed by atoms with E-state index in [0.717, 1.165) is 39.5 Å². The zero-order valence-electron chi connectivity index (χ0n) is 28.7. The molecule has 2 aliphatic rings. The Kier molecular flexibility index (Phi) is 11.5. The topological polar surface area (TPSA) is 0 Å². The van der Waals surface area contributed by atoms with Crippen LogP contribution in [0.5, 0.6) is 0 Å². The summed E-state index contributed by atoms with van der Waals surface area (Å²) in [6, 6.07) is 21.6. The first-order valence-electron chi connectivity index (χ1n) is 16.1. The number of hydrogen-bond acceptors (Lipinski definition) is 0. The molecule has 0 radical (unpaired) electrons. The molecule has 4 aromatic rings. The molecule has 0 saturated carbocycles. The fraction of sp³-hybridized carbons (Fsp3) is 0.293. The molecule has 0 amide bonds. The molecule has 0 N–H and O–H groups in total. The summed E-state index contributed by atoms with van der Waals surface area (Å²) < 4.78 is 85.5. The molecule has 262 valence electrons. The summed E-state index contributed by atoms with van der Waals surface area (Å²) in [5.74, 6) is 0. The number of benzene rings is 4. The van der Waals surface area contributed by atoms with Gasteiger partial charge in [0.2, 0.25) is 0 Å². The number of halogens is 8. The van der Waals surface area contributed by atoms with Crippen LogP contribution in [0.2, 0.25) is 0 Å². The van der Waals surface area contributed by atoms with E-state index in [-0.39, 0.29) is 35.6 Å². The van der Waals surface area contributed by atoms with Crippen LogP contribution in [0.25, 0.3) is 11.1 Å². The Morgan fingerprint density at radius 1 is 0.580 bits per heavy atom. The van der Waals surface area contributed by atoms with E-state index in [0.29, 0.717) is 17.5 Å². The molecule has 0 saturated heterocycles. The number of hydrogen-bond donors (Lipinski definition) is 0. The van der Waals surface area contributed by atoms with Crippen LogP contribution in [-0.2, 0) is 50.9 Å². The number of alkyl halides is 6. The van der Waals surface area contributed by atoms with Crippen molar-refractivity contribution in [2.45, 2.75) is 77.6 Å². The Morgan fingerprint density at radius 3 is 1.50 bits per heavy atom. The summed E-state index contributed by atoms with van der Waals surface area (Å²) in [6.07, 6.45) is -1.35. The summed E-state index contributed by atoms with van der Waals surface area (Å²) in [5, 5.41) is 0. The average Bonchev–Trinajstić information content (AvgIpc) is 3.66. The van der Waals surface area contributed by atoms with Crippen molar-refractivity contribution in [2.24, 2.45) is 0 Å². The van der Waals surface area contributed by atoms with Gasteiger partial charge < -0.3 is 24.8 Å². The van der Waals surface area contributed by atoms with Crippen molar-refractivity contribution in [3.8, 4) is 11.1 Å². The summed E-state index contributed by atoms with van der Waals surface area (Å²) in [4.78, 5) is 0. The zero-order valence-corrected chi connectivity index (χ0v) is 32.6. The van der Waals surface area contributed by atoms with Crippen LogP contribution in [0.3, 0.4) is 0 Å². The summed E-state index contributed by atoms with van der Waals surface area (Å²) in [6.45, 7) is 13.1. The molecule has 0 unspecified atom stereocenters. The fourth-order valence-corrected chi connectivity index (χ4v) is 14.6. The maximum atomic E-state index is 13.7. The van der Waals surface area contributed by atoms with E-state index in [1.807, 2.05) is 6.08 Å². The van der Waals surface area contributed by atoms with Gasteiger partial charge in [-0.15, -0.1) is 0 Å². The summed E-state index contributed by atoms with van der Waals surface area (Å²) in [7, 11) is 0. The predicted octanol–water partition coefficient (Wildman–Crippen LogP) is 5.25. The van der Waals surface area contributed by atoms with Gasteiger partial charge in [-0.05, 0) is 0 Å². The van der Waals surface area contributed by atoms with E-state index in [1.54, 1.807) is 0 Å². The normalized spacial score (nSPS) is 13.8. The average molecular weight is 807 g/mol. The first kappa shape index (κ1) is 40.0. The molecule has 0 fully saturated rings. The summed E-state index contributed by atoms with van der Waals surface area (Å²) >= 11 is -3.36. The van der Waals surface area contributed by atoms with Gasteiger partial charge in [0.15, 0.2) is 0 Å². The maximum Gasteiger partial charge on any atom is -1.00 e. The molecule has 50 heavy (non-hydrogen) atoms. The van der Waals surface area contributed by atoms with Crippen molar-refractivity contribution in [3.63, 3.8) is 0 Å². The number of rotatable bonds is 4. The minimum absolute atomic E-state index is 0. The van der Waals surface area contributed by atoms with Crippen molar-refractivity contribution in [1.82, 2.24) is 0 Å². The van der Waals surface area contributed by atoms with Crippen molar-refractivity contribution in [3.05, 3.63) is 145 Å². The van der Waals surface area contributed by atoms with Crippen molar-refractivity contribution in [1.29, 1.82) is 0 Å². The molecule has 6 rings (SSSR count). The van der Waals surface area contributed by atoms with Crippen LogP contribution in [0.4, 0.5) is 26.3 Å². The molecule has 2 aliphatic carbocycles. The van der Waals surface area contributed by atoms with Crippen LogP contribution in [-0.4, -0.2) is 3.21 Å².